The van der Waals surface area contributed by atoms with Crippen molar-refractivity contribution in [3.05, 3.63) is 70.5 Å². The summed E-state index contributed by atoms with van der Waals surface area (Å²) in [5.74, 6) is 0.359. The molecule has 0 radical (unpaired) electrons. The van der Waals surface area contributed by atoms with Gasteiger partial charge < -0.3 is 15.4 Å². The number of nitrogens with zero attached hydrogens (tertiary/aromatic N) is 4. The van der Waals surface area contributed by atoms with Crippen LogP contribution in [-0.2, 0) is 24.5 Å². The van der Waals surface area contributed by atoms with Crippen molar-refractivity contribution in [2.24, 2.45) is 4.99 Å². The van der Waals surface area contributed by atoms with Crippen LogP contribution in [0.1, 0.15) is 40.5 Å². The number of carbonyl (C=O) groups excluding carboxylic acids is 1. The lowest BCUT2D eigenvalue weighted by molar-refractivity contribution is 0.0783. The van der Waals surface area contributed by atoms with Gasteiger partial charge >= 0.3 is 0 Å². The first-order chi connectivity index (χ1) is 15.5. The lowest BCUT2D eigenvalue weighted by Crippen LogP contribution is -2.26. The molecule has 2 aromatic heterocycles. The second kappa shape index (κ2) is 7.92. The number of carbonyl (C=O) groups is 1. The Morgan fingerprint density at radius 1 is 1.26 bits per heavy atom. The van der Waals surface area contributed by atoms with E-state index in [0.29, 0.717) is 49.8 Å². The molecule has 0 unspecified atom stereocenters. The van der Waals surface area contributed by atoms with Gasteiger partial charge in [0.15, 0.2) is 0 Å². The van der Waals surface area contributed by atoms with Crippen molar-refractivity contribution in [2.45, 2.75) is 26.2 Å². The number of nitrogens with two attached hydrogens (primary N) is 1. The van der Waals surface area contributed by atoms with Crippen LogP contribution in [0.15, 0.2) is 47.6 Å². The number of dihydropyridines is 1. The van der Waals surface area contributed by atoms with Crippen LogP contribution in [0, 0.1) is 0 Å². The fourth-order valence-corrected chi connectivity index (χ4v) is 4.00. The van der Waals surface area contributed by atoms with E-state index < -0.39 is 0 Å². The Morgan fingerprint density at radius 2 is 2.13 bits per heavy atom. The lowest BCUT2D eigenvalue weighted by atomic mass is 10.0. The van der Waals surface area contributed by atoms with Crippen LogP contribution < -0.4 is 5.73 Å². The Kier molecular flexibility index (Phi) is 4.65. The van der Waals surface area contributed by atoms with Crippen LogP contribution in [0.2, 0.25) is 0 Å². The quantitative estimate of drug-likeness (QED) is 0.706. The van der Waals surface area contributed by atoms with E-state index >= 15 is 0 Å². The summed E-state index contributed by atoms with van der Waals surface area (Å²) in [6.45, 7) is 1.86. The first-order valence-electron chi connectivity index (χ1n) is 10.7. The van der Waals surface area contributed by atoms with Gasteiger partial charge in [0.1, 0.15) is 5.82 Å². The van der Waals surface area contributed by atoms with Crippen molar-refractivity contribution in [3.8, 4) is 0 Å². The highest BCUT2D eigenvalue weighted by Crippen LogP contribution is 2.31. The van der Waals surface area contributed by atoms with Crippen LogP contribution in [0.4, 0.5) is 5.82 Å². The Hall–Kier alpha value is -3.58. The molecule has 7 nitrogen and oxygen atoms in total. The van der Waals surface area contributed by atoms with Gasteiger partial charge in [-0.1, -0.05) is 12.1 Å². The molecule has 156 valence electrons. The standard InChI is InChI=1S/C24H23N5O2/c1-29(12-18-4-2-17(11-27-18)15-6-8-26-9-7-15)24(30)16-3-5-22-19(10-16)20-13-31-14-21(20)23(25)28-22/h2-6,9-11H,7-8,12-14H2,1H3,(H2,25,28)/i11D. The zero-order valence-corrected chi connectivity index (χ0v) is 17.3. The van der Waals surface area contributed by atoms with E-state index in [9.17, 15) is 4.79 Å². The summed E-state index contributed by atoms with van der Waals surface area (Å²) >= 11 is 0. The summed E-state index contributed by atoms with van der Waals surface area (Å²) in [4.78, 5) is 27.8. The zero-order valence-electron chi connectivity index (χ0n) is 18.3. The molecule has 0 bridgehead atoms. The number of aliphatic imine (C=N–C) groups is 1. The molecule has 2 aliphatic rings. The predicted octanol–water partition coefficient (Wildman–Crippen LogP) is 3.37. The van der Waals surface area contributed by atoms with Gasteiger partial charge in [0.25, 0.3) is 5.91 Å². The first-order valence-corrected chi connectivity index (χ1v) is 10.2. The van der Waals surface area contributed by atoms with Crippen LogP contribution in [0.25, 0.3) is 16.5 Å². The smallest absolute Gasteiger partial charge is 0.253 e. The fraction of sp³-hybridized carbons (Fsp3) is 0.250. The number of amides is 1. The van der Waals surface area contributed by atoms with Gasteiger partial charge in [-0.25, -0.2) is 4.98 Å². The van der Waals surface area contributed by atoms with Crippen LogP contribution in [-0.4, -0.2) is 40.6 Å². The minimum absolute atomic E-state index is 0.125. The van der Waals surface area contributed by atoms with E-state index in [0.717, 1.165) is 33.2 Å². The van der Waals surface area contributed by atoms with Crippen molar-refractivity contribution in [1.29, 1.82) is 0 Å². The first kappa shape index (κ1) is 18.2. The third-order valence-electron chi connectivity index (χ3n) is 5.71. The molecule has 0 saturated heterocycles. The molecule has 4 heterocycles. The van der Waals surface area contributed by atoms with Crippen molar-refractivity contribution in [1.82, 2.24) is 14.9 Å². The highest BCUT2D eigenvalue weighted by molar-refractivity contribution is 5.99. The molecule has 31 heavy (non-hydrogen) atoms. The second-order valence-electron chi connectivity index (χ2n) is 7.78. The summed E-state index contributed by atoms with van der Waals surface area (Å²) in [5, 5.41) is 0.895. The number of ether oxygens (including phenoxy) is 1. The van der Waals surface area contributed by atoms with Gasteiger partial charge in [-0.2, -0.15) is 0 Å². The minimum atomic E-state index is -0.125. The van der Waals surface area contributed by atoms with E-state index in [2.05, 4.69) is 15.0 Å². The number of benzene rings is 1. The van der Waals surface area contributed by atoms with Crippen molar-refractivity contribution < 1.29 is 10.9 Å². The molecule has 0 spiro atoms. The van der Waals surface area contributed by atoms with E-state index in [1.165, 1.54) is 0 Å². The predicted molar refractivity (Wildman–Crippen MR) is 121 cm³/mol. The molecular weight excluding hydrogens is 390 g/mol. The normalized spacial score (nSPS) is 15.5. The average molecular weight is 414 g/mol. The molecule has 7 heteroatoms. The van der Waals surface area contributed by atoms with Crippen LogP contribution in [0.5, 0.6) is 0 Å². The molecule has 0 aliphatic carbocycles. The highest BCUT2D eigenvalue weighted by Gasteiger charge is 2.21. The maximum atomic E-state index is 13.1. The molecule has 0 atom stereocenters. The van der Waals surface area contributed by atoms with Gasteiger partial charge in [0, 0.05) is 42.4 Å². The van der Waals surface area contributed by atoms with Crippen molar-refractivity contribution >= 4 is 34.4 Å². The Balaban J connectivity index is 1.37. The monoisotopic (exact) mass is 414 g/mol. The number of anilines is 1. The van der Waals surface area contributed by atoms with Gasteiger partial charge in [-0.05, 0) is 41.0 Å². The second-order valence-corrected chi connectivity index (χ2v) is 7.78. The van der Waals surface area contributed by atoms with E-state index in [1.54, 1.807) is 18.0 Å². The summed E-state index contributed by atoms with van der Waals surface area (Å²) in [7, 11) is 1.74. The number of nitrogen functional groups attached to an aromatic ring is 1. The largest absolute Gasteiger partial charge is 0.383 e. The number of hydrogen-bond acceptors (Lipinski definition) is 6. The number of hydrogen-bond donors (Lipinski definition) is 1. The molecule has 3 aromatic rings. The van der Waals surface area contributed by atoms with Crippen LogP contribution in [0.3, 0.4) is 0 Å². The molecule has 1 aromatic carbocycles. The van der Waals surface area contributed by atoms with Crippen molar-refractivity contribution in [3.63, 3.8) is 0 Å². The number of aromatic nitrogens is 2. The Bertz CT molecular complexity index is 1300. The number of pyridine rings is 2. The lowest BCUT2D eigenvalue weighted by Gasteiger charge is -2.18. The molecule has 1 amide bonds. The Morgan fingerprint density at radius 3 is 2.94 bits per heavy atom. The summed E-state index contributed by atoms with van der Waals surface area (Å²) in [6, 6.07) is 9.23. The Labute approximate surface area is 181 Å². The summed E-state index contributed by atoms with van der Waals surface area (Å²) < 4.78 is 13.9. The van der Waals surface area contributed by atoms with Gasteiger partial charge in [0.2, 0.25) is 0 Å². The SMILES string of the molecule is [2H]c1nc(CN(C)C(=O)c2ccc3nc(N)c4c(c3c2)COC4)ccc1C1=CCN=CC1. The van der Waals surface area contributed by atoms with Crippen molar-refractivity contribution in [2.75, 3.05) is 19.3 Å². The molecule has 2 aliphatic heterocycles. The van der Waals surface area contributed by atoms with E-state index in [-0.39, 0.29) is 12.1 Å². The third-order valence-corrected chi connectivity index (χ3v) is 5.71. The van der Waals surface area contributed by atoms with Crippen LogP contribution >= 0.6 is 0 Å². The maximum Gasteiger partial charge on any atom is 0.253 e. The molecule has 0 fully saturated rings. The van der Waals surface area contributed by atoms with E-state index in [1.807, 2.05) is 36.6 Å². The van der Waals surface area contributed by atoms with Gasteiger partial charge in [-0.15, -0.1) is 0 Å². The maximum absolute atomic E-state index is 13.1. The van der Waals surface area contributed by atoms with Gasteiger partial charge in [0.05, 0.1) is 38.9 Å². The summed E-state index contributed by atoms with van der Waals surface area (Å²) in [6.07, 6.45) is 4.82. The fourth-order valence-electron chi connectivity index (χ4n) is 4.00. The summed E-state index contributed by atoms with van der Waals surface area (Å²) in [5.41, 5.74) is 11.8. The average Bonchev–Trinajstić information content (AvgIpc) is 3.30. The third kappa shape index (κ3) is 3.68. The molecule has 0 saturated carbocycles. The number of allylic oxidation sites excluding steroid dienone is 1. The highest BCUT2D eigenvalue weighted by atomic mass is 16.5. The van der Waals surface area contributed by atoms with Gasteiger partial charge in [-0.3, -0.25) is 14.8 Å². The topological polar surface area (TPSA) is 93.7 Å². The minimum Gasteiger partial charge on any atom is -0.383 e. The molecule has 5 rings (SSSR count). The molecule has 2 N–H and O–H groups in total. The number of rotatable bonds is 4. The van der Waals surface area contributed by atoms with E-state index in [4.69, 9.17) is 11.8 Å². The molecular formula is C24H23N5O2. The number of fused-ring (bicyclic) bond motifs is 3. The zero-order chi connectivity index (χ0) is 22.2.